The molecule has 100 valence electrons. The molecule has 2 aromatic carbocycles. The lowest BCUT2D eigenvalue weighted by Crippen LogP contribution is -2.01. The Morgan fingerprint density at radius 2 is 1.85 bits per heavy atom. The Bertz CT molecular complexity index is 737. The Kier molecular flexibility index (Phi) is 3.66. The van der Waals surface area contributed by atoms with Crippen LogP contribution in [0.4, 0.5) is 0 Å². The van der Waals surface area contributed by atoms with Crippen molar-refractivity contribution in [1.82, 2.24) is 0 Å². The molecule has 3 aromatic rings. The second-order valence-corrected chi connectivity index (χ2v) is 5.97. The van der Waals surface area contributed by atoms with Crippen LogP contribution in [0.15, 0.2) is 53.9 Å². The number of rotatable bonds is 4. The van der Waals surface area contributed by atoms with E-state index in [2.05, 4.69) is 43.3 Å². The predicted molar refractivity (Wildman–Crippen MR) is 85.7 cm³/mol. The van der Waals surface area contributed by atoms with E-state index in [1.165, 1.54) is 11.1 Å². The summed E-state index contributed by atoms with van der Waals surface area (Å²) in [6.45, 7) is 2.08. The summed E-state index contributed by atoms with van der Waals surface area (Å²) in [6.07, 6.45) is 1.38. The molecular weight excluding hydrogens is 264 g/mol. The number of aryl methyl sites for hydroxylation is 2. The summed E-state index contributed by atoms with van der Waals surface area (Å²) in [5, 5.41) is 3.21. The predicted octanol–water partition coefficient (Wildman–Crippen LogP) is 5.03. The minimum Gasteiger partial charge on any atom is -0.294 e. The van der Waals surface area contributed by atoms with Gasteiger partial charge in [-0.05, 0) is 41.8 Å². The van der Waals surface area contributed by atoms with Crippen molar-refractivity contribution in [3.63, 3.8) is 0 Å². The highest BCUT2D eigenvalue weighted by Gasteiger charge is 2.10. The van der Waals surface area contributed by atoms with E-state index in [4.69, 9.17) is 0 Å². The fraction of sp³-hybridized carbons (Fsp3) is 0.167. The first-order valence-corrected chi connectivity index (χ1v) is 7.67. The molecule has 0 radical (unpaired) electrons. The van der Waals surface area contributed by atoms with Gasteiger partial charge in [-0.15, -0.1) is 11.3 Å². The van der Waals surface area contributed by atoms with E-state index in [0.29, 0.717) is 6.42 Å². The van der Waals surface area contributed by atoms with Gasteiger partial charge >= 0.3 is 0 Å². The van der Waals surface area contributed by atoms with Crippen molar-refractivity contribution in [2.24, 2.45) is 0 Å². The van der Waals surface area contributed by atoms with Crippen LogP contribution in [0.1, 0.15) is 27.9 Å². The topological polar surface area (TPSA) is 17.1 Å². The molecule has 0 aliphatic rings. The molecule has 0 amide bonds. The molecule has 0 saturated carbocycles. The summed E-state index contributed by atoms with van der Waals surface area (Å²) in [5.74, 6) is 0.235. The van der Waals surface area contributed by atoms with Crippen LogP contribution in [-0.4, -0.2) is 5.78 Å². The van der Waals surface area contributed by atoms with Crippen molar-refractivity contribution in [3.8, 4) is 0 Å². The summed E-state index contributed by atoms with van der Waals surface area (Å²) >= 11 is 1.65. The van der Waals surface area contributed by atoms with Crippen LogP contribution in [0.5, 0.6) is 0 Å². The Labute approximate surface area is 122 Å². The van der Waals surface area contributed by atoms with Crippen LogP contribution in [0, 0.1) is 6.92 Å². The van der Waals surface area contributed by atoms with Crippen LogP contribution in [0.2, 0.25) is 0 Å². The summed E-state index contributed by atoms with van der Waals surface area (Å²) < 4.78 is 1.11. The van der Waals surface area contributed by atoms with E-state index in [-0.39, 0.29) is 5.78 Å². The fourth-order valence-electron chi connectivity index (χ4n) is 2.36. The summed E-state index contributed by atoms with van der Waals surface area (Å²) in [7, 11) is 0. The number of Topliss-reactive ketones (excluding diaryl/α,β-unsaturated/α-hetero) is 1. The van der Waals surface area contributed by atoms with E-state index < -0.39 is 0 Å². The fourth-order valence-corrected chi connectivity index (χ4v) is 3.29. The van der Waals surface area contributed by atoms with Gasteiger partial charge in [-0.1, -0.05) is 42.0 Å². The molecule has 2 heteroatoms. The third-order valence-corrected chi connectivity index (χ3v) is 4.50. The number of carbonyl (C=O) groups is 1. The normalized spacial score (nSPS) is 10.8. The van der Waals surface area contributed by atoms with E-state index >= 15 is 0 Å². The van der Waals surface area contributed by atoms with Crippen LogP contribution in [-0.2, 0) is 6.42 Å². The third-order valence-electron chi connectivity index (χ3n) is 3.54. The van der Waals surface area contributed by atoms with Gasteiger partial charge in [-0.25, -0.2) is 0 Å². The Morgan fingerprint density at radius 1 is 1.05 bits per heavy atom. The van der Waals surface area contributed by atoms with Crippen molar-refractivity contribution in [3.05, 3.63) is 70.6 Å². The van der Waals surface area contributed by atoms with Gasteiger partial charge in [0.25, 0.3) is 0 Å². The Morgan fingerprint density at radius 3 is 2.65 bits per heavy atom. The molecule has 0 atom stereocenters. The molecule has 0 spiro atoms. The lowest BCUT2D eigenvalue weighted by Gasteiger charge is -2.04. The van der Waals surface area contributed by atoms with Gasteiger partial charge in [-0.3, -0.25) is 4.79 Å². The minimum atomic E-state index is 0.235. The van der Waals surface area contributed by atoms with Crippen molar-refractivity contribution in [2.45, 2.75) is 19.8 Å². The van der Waals surface area contributed by atoms with Gasteiger partial charge in [0.05, 0.1) is 0 Å². The maximum absolute atomic E-state index is 12.4. The van der Waals surface area contributed by atoms with Crippen LogP contribution in [0.3, 0.4) is 0 Å². The zero-order valence-electron chi connectivity index (χ0n) is 11.4. The highest BCUT2D eigenvalue weighted by Crippen LogP contribution is 2.25. The second kappa shape index (κ2) is 5.59. The minimum absolute atomic E-state index is 0.235. The average Bonchev–Trinajstić information content (AvgIpc) is 2.94. The standard InChI is InChI=1S/C18H16OS/c1-13-5-7-14(8-6-13)9-10-17(19)16-4-2-3-15-11-12-20-18(15)16/h2-8,11-12H,9-10H2,1H3. The number of ketones is 1. The van der Waals surface area contributed by atoms with Crippen LogP contribution in [0.25, 0.3) is 10.1 Å². The second-order valence-electron chi connectivity index (χ2n) is 5.05. The molecule has 0 aliphatic heterocycles. The van der Waals surface area contributed by atoms with E-state index in [9.17, 15) is 4.79 Å². The molecule has 3 rings (SSSR count). The van der Waals surface area contributed by atoms with Gasteiger partial charge in [0.15, 0.2) is 5.78 Å². The molecule has 1 aromatic heterocycles. The summed E-state index contributed by atoms with van der Waals surface area (Å²) in [4.78, 5) is 12.4. The monoisotopic (exact) mass is 280 g/mol. The SMILES string of the molecule is Cc1ccc(CCC(=O)c2cccc3ccsc23)cc1. The lowest BCUT2D eigenvalue weighted by atomic mass is 10.0. The zero-order valence-corrected chi connectivity index (χ0v) is 12.2. The van der Waals surface area contributed by atoms with Crippen molar-refractivity contribution < 1.29 is 4.79 Å². The van der Waals surface area contributed by atoms with Crippen molar-refractivity contribution >= 4 is 27.2 Å². The summed E-state index contributed by atoms with van der Waals surface area (Å²) in [5.41, 5.74) is 3.34. The van der Waals surface area contributed by atoms with Crippen molar-refractivity contribution in [2.75, 3.05) is 0 Å². The van der Waals surface area contributed by atoms with Gasteiger partial charge < -0.3 is 0 Å². The largest absolute Gasteiger partial charge is 0.294 e. The number of fused-ring (bicyclic) bond motifs is 1. The molecule has 0 fully saturated rings. The molecule has 0 unspecified atom stereocenters. The van der Waals surface area contributed by atoms with Gasteiger partial charge in [0.2, 0.25) is 0 Å². The van der Waals surface area contributed by atoms with E-state index in [1.54, 1.807) is 11.3 Å². The van der Waals surface area contributed by atoms with Crippen LogP contribution >= 0.6 is 11.3 Å². The molecule has 0 saturated heterocycles. The number of benzene rings is 2. The number of hydrogen-bond donors (Lipinski definition) is 0. The number of thiophene rings is 1. The molecule has 0 aliphatic carbocycles. The molecule has 1 heterocycles. The summed E-state index contributed by atoms with van der Waals surface area (Å²) in [6, 6.07) is 16.4. The zero-order chi connectivity index (χ0) is 13.9. The average molecular weight is 280 g/mol. The third kappa shape index (κ3) is 2.66. The molecule has 0 N–H and O–H groups in total. The van der Waals surface area contributed by atoms with Gasteiger partial charge in [0, 0.05) is 16.7 Å². The van der Waals surface area contributed by atoms with E-state index in [1.807, 2.05) is 17.5 Å². The molecule has 1 nitrogen and oxygen atoms in total. The van der Waals surface area contributed by atoms with E-state index in [0.717, 1.165) is 22.1 Å². The van der Waals surface area contributed by atoms with Crippen LogP contribution < -0.4 is 0 Å². The molecule has 20 heavy (non-hydrogen) atoms. The number of carbonyl (C=O) groups excluding carboxylic acids is 1. The van der Waals surface area contributed by atoms with Crippen molar-refractivity contribution in [1.29, 1.82) is 0 Å². The first-order valence-electron chi connectivity index (χ1n) is 6.79. The smallest absolute Gasteiger partial charge is 0.164 e. The maximum Gasteiger partial charge on any atom is 0.164 e. The Balaban J connectivity index is 1.76. The van der Waals surface area contributed by atoms with Gasteiger partial charge in [0.1, 0.15) is 0 Å². The highest BCUT2D eigenvalue weighted by atomic mass is 32.1. The van der Waals surface area contributed by atoms with Gasteiger partial charge in [-0.2, -0.15) is 0 Å². The Hall–Kier alpha value is -1.93. The number of hydrogen-bond acceptors (Lipinski definition) is 2. The lowest BCUT2D eigenvalue weighted by molar-refractivity contribution is 0.0984. The quantitative estimate of drug-likeness (QED) is 0.613. The molecule has 0 bridgehead atoms. The highest BCUT2D eigenvalue weighted by molar-refractivity contribution is 7.17. The first kappa shape index (κ1) is 13.1. The molecular formula is C18H16OS. The first-order chi connectivity index (χ1) is 9.74. The maximum atomic E-state index is 12.4.